The van der Waals surface area contributed by atoms with Gasteiger partial charge >= 0.3 is 5.97 Å². The smallest absolute Gasteiger partial charge is 0.338 e. The molecule has 0 saturated carbocycles. The first-order chi connectivity index (χ1) is 16.2. The van der Waals surface area contributed by atoms with Gasteiger partial charge in [-0.1, -0.05) is 23.5 Å². The first-order valence-electron chi connectivity index (χ1n) is 10.3. The Morgan fingerprint density at radius 3 is 2.47 bits per heavy atom. The van der Waals surface area contributed by atoms with Gasteiger partial charge in [0, 0.05) is 0 Å². The molecule has 0 radical (unpaired) electrons. The number of esters is 1. The highest BCUT2D eigenvalue weighted by Crippen LogP contribution is 2.34. The zero-order valence-corrected chi connectivity index (χ0v) is 22.5. The van der Waals surface area contributed by atoms with Crippen LogP contribution in [0.1, 0.15) is 31.0 Å². The maximum atomic E-state index is 13.6. The summed E-state index contributed by atoms with van der Waals surface area (Å²) < 4.78 is 13.5. The predicted octanol–water partition coefficient (Wildman–Crippen LogP) is 4.04. The number of carbonyl (C=O) groups is 1. The van der Waals surface area contributed by atoms with Crippen molar-refractivity contribution in [1.29, 1.82) is 0 Å². The van der Waals surface area contributed by atoms with Gasteiger partial charge in [-0.05, 0) is 87.2 Å². The van der Waals surface area contributed by atoms with Gasteiger partial charge in [0.2, 0.25) is 0 Å². The number of thiazole rings is 1. The molecular weight excluding hydrogens is 588 g/mol. The van der Waals surface area contributed by atoms with Crippen LogP contribution in [0.2, 0.25) is 0 Å². The fourth-order valence-corrected chi connectivity index (χ4v) is 5.98. The van der Waals surface area contributed by atoms with Gasteiger partial charge in [0.15, 0.2) is 4.80 Å². The van der Waals surface area contributed by atoms with Crippen LogP contribution in [-0.4, -0.2) is 29.4 Å². The Morgan fingerprint density at radius 1 is 1.24 bits per heavy atom. The topological polar surface area (TPSA) is 90.1 Å². The quantitative estimate of drug-likeness (QED) is 0.442. The summed E-state index contributed by atoms with van der Waals surface area (Å²) in [4.78, 5) is 31.6. The van der Waals surface area contributed by atoms with E-state index in [0.29, 0.717) is 40.9 Å². The number of fused-ring (bicyclic) bond motifs is 1. The molecule has 0 spiro atoms. The summed E-state index contributed by atoms with van der Waals surface area (Å²) in [6, 6.07) is 9.97. The fourth-order valence-electron chi connectivity index (χ4n) is 3.71. The molecule has 0 amide bonds. The first-order valence-corrected chi connectivity index (χ1v) is 12.7. The molecule has 10 heteroatoms. The molecule has 0 fully saturated rings. The lowest BCUT2D eigenvalue weighted by atomic mass is 9.96. The SMILES string of the molecule is CCOC(=O)C1=C(C)N=c2s/c(=C\c3cc(Br)c(O)c(Br)c3)c(=O)n2[C@H]1c1ccc(OC)cc1. The molecular formula is C24H20Br2N2O5S. The number of aromatic nitrogens is 1. The molecule has 0 bridgehead atoms. The summed E-state index contributed by atoms with van der Waals surface area (Å²) in [6.45, 7) is 3.69. The largest absolute Gasteiger partial charge is 0.506 e. The lowest BCUT2D eigenvalue weighted by Crippen LogP contribution is -2.39. The highest BCUT2D eigenvalue weighted by Gasteiger charge is 2.33. The molecule has 0 aliphatic carbocycles. The normalized spacial score (nSPS) is 15.7. The van der Waals surface area contributed by atoms with Gasteiger partial charge < -0.3 is 14.6 Å². The fraction of sp³-hybridized carbons (Fsp3) is 0.208. The van der Waals surface area contributed by atoms with E-state index in [1.165, 1.54) is 15.9 Å². The Labute approximate surface area is 215 Å². The highest BCUT2D eigenvalue weighted by molar-refractivity contribution is 9.11. The number of hydrogen-bond donors (Lipinski definition) is 1. The zero-order valence-electron chi connectivity index (χ0n) is 18.5. The third-order valence-corrected chi connectivity index (χ3v) is 7.48. The average molecular weight is 608 g/mol. The number of ether oxygens (including phenoxy) is 2. The van der Waals surface area contributed by atoms with Crippen molar-refractivity contribution in [2.75, 3.05) is 13.7 Å². The summed E-state index contributed by atoms with van der Waals surface area (Å²) in [5.41, 5.74) is 1.99. The lowest BCUT2D eigenvalue weighted by Gasteiger charge is -2.24. The van der Waals surface area contributed by atoms with Gasteiger partial charge in [0.1, 0.15) is 11.5 Å². The molecule has 3 aromatic rings. The Kier molecular flexibility index (Phi) is 7.11. The van der Waals surface area contributed by atoms with Crippen LogP contribution in [0.4, 0.5) is 0 Å². The Bertz CT molecular complexity index is 1470. The molecule has 1 atom stereocenters. The maximum Gasteiger partial charge on any atom is 0.338 e. The molecule has 4 rings (SSSR count). The monoisotopic (exact) mass is 606 g/mol. The van der Waals surface area contributed by atoms with Crippen LogP contribution in [0.15, 0.2) is 66.4 Å². The van der Waals surface area contributed by atoms with Crippen LogP contribution in [-0.2, 0) is 9.53 Å². The molecule has 0 unspecified atom stereocenters. The minimum absolute atomic E-state index is 0.0767. The average Bonchev–Trinajstić information content (AvgIpc) is 3.11. The molecule has 1 aliphatic rings. The van der Waals surface area contributed by atoms with E-state index in [4.69, 9.17) is 9.47 Å². The van der Waals surface area contributed by atoms with Crippen molar-refractivity contribution in [3.63, 3.8) is 0 Å². The van der Waals surface area contributed by atoms with Crippen LogP contribution in [0.5, 0.6) is 11.5 Å². The van der Waals surface area contributed by atoms with Crippen molar-refractivity contribution in [1.82, 2.24) is 4.57 Å². The molecule has 2 aromatic carbocycles. The first kappa shape index (κ1) is 24.4. The predicted molar refractivity (Wildman–Crippen MR) is 137 cm³/mol. The van der Waals surface area contributed by atoms with Crippen LogP contribution in [0.3, 0.4) is 0 Å². The van der Waals surface area contributed by atoms with E-state index in [-0.39, 0.29) is 17.9 Å². The number of nitrogens with zero attached hydrogens (tertiary/aromatic N) is 2. The number of carbonyl (C=O) groups excluding carboxylic acids is 1. The van der Waals surface area contributed by atoms with Gasteiger partial charge in [-0.3, -0.25) is 9.36 Å². The van der Waals surface area contributed by atoms with Crippen molar-refractivity contribution in [3.8, 4) is 11.5 Å². The van der Waals surface area contributed by atoms with Crippen molar-refractivity contribution in [3.05, 3.63) is 87.4 Å². The number of rotatable bonds is 5. The second-order valence-electron chi connectivity index (χ2n) is 7.41. The molecule has 1 aliphatic heterocycles. The van der Waals surface area contributed by atoms with E-state index in [2.05, 4.69) is 36.9 Å². The van der Waals surface area contributed by atoms with E-state index >= 15 is 0 Å². The van der Waals surface area contributed by atoms with E-state index in [9.17, 15) is 14.7 Å². The second-order valence-corrected chi connectivity index (χ2v) is 10.1. The van der Waals surface area contributed by atoms with E-state index in [0.717, 1.165) is 5.56 Å². The standard InChI is InChI=1S/C24H20Br2N2O5S/c1-4-33-23(31)19-12(2)27-24-28(20(19)14-5-7-15(32-3)8-6-14)22(30)18(34-24)11-13-9-16(25)21(29)17(26)10-13/h5-11,20,29H,4H2,1-3H3/b18-11-/t20-/m0/s1. The minimum atomic E-state index is -0.693. The minimum Gasteiger partial charge on any atom is -0.506 e. The van der Waals surface area contributed by atoms with E-state index < -0.39 is 12.0 Å². The summed E-state index contributed by atoms with van der Waals surface area (Å²) in [7, 11) is 1.58. The van der Waals surface area contributed by atoms with Crippen LogP contribution < -0.4 is 19.6 Å². The molecule has 1 aromatic heterocycles. The van der Waals surface area contributed by atoms with Crippen LogP contribution in [0.25, 0.3) is 6.08 Å². The van der Waals surface area contributed by atoms with Gasteiger partial charge in [-0.15, -0.1) is 0 Å². The number of allylic oxidation sites excluding steroid dienone is 1. The summed E-state index contributed by atoms with van der Waals surface area (Å²) in [6.07, 6.45) is 1.73. The number of hydrogen-bond acceptors (Lipinski definition) is 7. The Balaban J connectivity index is 1.95. The number of benzene rings is 2. The third-order valence-electron chi connectivity index (χ3n) is 5.29. The summed E-state index contributed by atoms with van der Waals surface area (Å²) >= 11 is 7.87. The highest BCUT2D eigenvalue weighted by atomic mass is 79.9. The molecule has 34 heavy (non-hydrogen) atoms. The number of aromatic hydroxyl groups is 1. The molecule has 1 N–H and O–H groups in total. The number of phenols is 1. The van der Waals surface area contributed by atoms with Gasteiger partial charge in [-0.25, -0.2) is 9.79 Å². The molecule has 2 heterocycles. The molecule has 176 valence electrons. The van der Waals surface area contributed by atoms with Crippen LogP contribution >= 0.6 is 43.2 Å². The van der Waals surface area contributed by atoms with Crippen molar-refractivity contribution in [2.24, 2.45) is 4.99 Å². The van der Waals surface area contributed by atoms with Gasteiger partial charge in [-0.2, -0.15) is 0 Å². The Morgan fingerprint density at radius 2 is 1.88 bits per heavy atom. The van der Waals surface area contributed by atoms with Crippen LogP contribution in [0, 0.1) is 0 Å². The van der Waals surface area contributed by atoms with Crippen molar-refractivity contribution in [2.45, 2.75) is 19.9 Å². The Hall–Kier alpha value is -2.69. The lowest BCUT2D eigenvalue weighted by molar-refractivity contribution is -0.139. The van der Waals surface area contributed by atoms with Crippen molar-refractivity contribution < 1.29 is 19.4 Å². The van der Waals surface area contributed by atoms with Crippen molar-refractivity contribution >= 4 is 55.2 Å². The zero-order chi connectivity index (χ0) is 24.6. The second kappa shape index (κ2) is 9.89. The van der Waals surface area contributed by atoms with Gasteiger partial charge in [0.05, 0.1) is 44.5 Å². The number of methoxy groups -OCH3 is 1. The van der Waals surface area contributed by atoms with Gasteiger partial charge in [0.25, 0.3) is 5.56 Å². The molecule has 0 saturated heterocycles. The number of halogens is 2. The summed E-state index contributed by atoms with van der Waals surface area (Å²) in [5.74, 6) is 0.232. The third kappa shape index (κ3) is 4.49. The maximum absolute atomic E-state index is 13.6. The summed E-state index contributed by atoms with van der Waals surface area (Å²) in [5, 5.41) is 9.99. The number of phenolic OH excluding ortho intramolecular Hbond substituents is 1. The molecule has 7 nitrogen and oxygen atoms in total. The van der Waals surface area contributed by atoms with E-state index in [1.54, 1.807) is 51.3 Å². The van der Waals surface area contributed by atoms with E-state index in [1.807, 2.05) is 12.1 Å².